The number of ether oxygens (including phenoxy) is 1. The number of para-hydroxylation sites is 1. The Hall–Kier alpha value is -2.82. The van der Waals surface area contributed by atoms with Crippen molar-refractivity contribution in [1.29, 1.82) is 0 Å². The molecule has 0 saturated heterocycles. The average Bonchev–Trinajstić information content (AvgIpc) is 2.59. The van der Waals surface area contributed by atoms with Crippen molar-refractivity contribution < 1.29 is 14.3 Å². The maximum Gasteiger partial charge on any atom is 0.223 e. The van der Waals surface area contributed by atoms with Gasteiger partial charge in [-0.05, 0) is 36.8 Å². The molecule has 0 aliphatic heterocycles. The molecule has 2 rings (SSSR count). The van der Waals surface area contributed by atoms with E-state index in [1.165, 1.54) is 6.92 Å². The summed E-state index contributed by atoms with van der Waals surface area (Å²) in [5, 5.41) is 2.83. The van der Waals surface area contributed by atoms with Gasteiger partial charge < -0.3 is 15.0 Å². The Bertz CT molecular complexity index is 701. The van der Waals surface area contributed by atoms with E-state index in [0.717, 1.165) is 17.0 Å². The summed E-state index contributed by atoms with van der Waals surface area (Å²) in [7, 11) is 0. The first-order valence-electron chi connectivity index (χ1n) is 8.35. The summed E-state index contributed by atoms with van der Waals surface area (Å²) in [5.41, 5.74) is 1.93. The number of nitrogens with zero attached hydrogens (tertiary/aromatic N) is 1. The lowest BCUT2D eigenvalue weighted by atomic mass is 10.2. The van der Waals surface area contributed by atoms with Gasteiger partial charge in [0.15, 0.2) is 0 Å². The third-order valence-electron chi connectivity index (χ3n) is 3.69. The van der Waals surface area contributed by atoms with Gasteiger partial charge in [-0.25, -0.2) is 0 Å². The number of aryl methyl sites for hydroxylation is 1. The summed E-state index contributed by atoms with van der Waals surface area (Å²) in [6.07, 6.45) is 0.277. The number of rotatable bonds is 8. The molecule has 0 heterocycles. The first-order valence-corrected chi connectivity index (χ1v) is 8.35. The highest BCUT2D eigenvalue weighted by molar-refractivity contribution is 5.91. The monoisotopic (exact) mass is 340 g/mol. The van der Waals surface area contributed by atoms with Gasteiger partial charge in [-0.15, -0.1) is 0 Å². The topological polar surface area (TPSA) is 58.6 Å². The maximum absolute atomic E-state index is 11.9. The second kappa shape index (κ2) is 9.47. The Morgan fingerprint density at radius 2 is 1.84 bits per heavy atom. The van der Waals surface area contributed by atoms with Crippen LogP contribution < -0.4 is 15.0 Å². The molecule has 0 unspecified atom stereocenters. The molecule has 0 saturated carbocycles. The first-order chi connectivity index (χ1) is 12.1. The Morgan fingerprint density at radius 3 is 2.52 bits per heavy atom. The van der Waals surface area contributed by atoms with Crippen molar-refractivity contribution >= 4 is 17.5 Å². The predicted molar refractivity (Wildman–Crippen MR) is 98.8 cm³/mol. The molecule has 0 aliphatic carbocycles. The van der Waals surface area contributed by atoms with Gasteiger partial charge in [-0.2, -0.15) is 0 Å². The second-order valence-electron chi connectivity index (χ2n) is 5.77. The van der Waals surface area contributed by atoms with E-state index in [1.54, 1.807) is 4.90 Å². The fourth-order valence-corrected chi connectivity index (χ4v) is 2.44. The Labute approximate surface area is 148 Å². The summed E-state index contributed by atoms with van der Waals surface area (Å²) >= 11 is 0. The van der Waals surface area contributed by atoms with Gasteiger partial charge in [-0.1, -0.05) is 30.3 Å². The molecular formula is C20H24N2O3. The van der Waals surface area contributed by atoms with Crippen molar-refractivity contribution in [2.75, 3.05) is 24.6 Å². The number of carbonyl (C=O) groups excluding carboxylic acids is 2. The summed E-state index contributed by atoms with van der Waals surface area (Å²) in [5.74, 6) is 0.605. The Kier molecular flexibility index (Phi) is 7.01. The van der Waals surface area contributed by atoms with Gasteiger partial charge >= 0.3 is 0 Å². The summed E-state index contributed by atoms with van der Waals surface area (Å²) in [4.78, 5) is 25.4. The average molecular weight is 340 g/mol. The van der Waals surface area contributed by atoms with E-state index in [-0.39, 0.29) is 18.2 Å². The molecule has 0 fully saturated rings. The number of amides is 2. The van der Waals surface area contributed by atoms with Gasteiger partial charge in [-0.3, -0.25) is 9.59 Å². The van der Waals surface area contributed by atoms with Gasteiger partial charge in [0.1, 0.15) is 5.75 Å². The smallest absolute Gasteiger partial charge is 0.223 e. The zero-order valence-corrected chi connectivity index (χ0v) is 14.7. The standard InChI is InChI=1S/C20H24N2O3/c1-16-7-6-8-18(15-16)22(17(2)23)13-12-21-20(24)11-14-25-19-9-4-3-5-10-19/h3-10,15H,11-14H2,1-2H3,(H,21,24). The lowest BCUT2D eigenvalue weighted by molar-refractivity contribution is -0.122. The van der Waals surface area contributed by atoms with E-state index in [0.29, 0.717) is 19.7 Å². The van der Waals surface area contributed by atoms with E-state index in [4.69, 9.17) is 4.74 Å². The number of hydrogen-bond acceptors (Lipinski definition) is 3. The summed E-state index contributed by atoms with van der Waals surface area (Å²) < 4.78 is 5.50. The highest BCUT2D eigenvalue weighted by Crippen LogP contribution is 2.15. The van der Waals surface area contributed by atoms with E-state index < -0.39 is 0 Å². The molecule has 5 nitrogen and oxygen atoms in total. The molecule has 0 bridgehead atoms. The Balaban J connectivity index is 1.74. The lowest BCUT2D eigenvalue weighted by Crippen LogP contribution is -2.37. The van der Waals surface area contributed by atoms with Crippen LogP contribution in [-0.4, -0.2) is 31.5 Å². The molecule has 1 N–H and O–H groups in total. The minimum Gasteiger partial charge on any atom is -0.493 e. The van der Waals surface area contributed by atoms with Crippen LogP contribution in [0.1, 0.15) is 18.9 Å². The van der Waals surface area contributed by atoms with Crippen molar-refractivity contribution in [2.24, 2.45) is 0 Å². The third-order valence-corrected chi connectivity index (χ3v) is 3.69. The van der Waals surface area contributed by atoms with E-state index in [1.807, 2.05) is 61.5 Å². The zero-order valence-electron chi connectivity index (χ0n) is 14.7. The van der Waals surface area contributed by atoms with E-state index in [2.05, 4.69) is 5.32 Å². The normalized spacial score (nSPS) is 10.2. The molecule has 2 amide bonds. The fraction of sp³-hybridized carbons (Fsp3) is 0.300. The number of nitrogens with one attached hydrogen (secondary N) is 1. The minimum absolute atomic E-state index is 0.0488. The van der Waals surface area contributed by atoms with Crippen LogP contribution in [0.25, 0.3) is 0 Å². The molecule has 2 aromatic rings. The van der Waals surface area contributed by atoms with Gasteiger partial charge in [0.25, 0.3) is 0 Å². The molecule has 0 radical (unpaired) electrons. The van der Waals surface area contributed by atoms with Gasteiger partial charge in [0.2, 0.25) is 11.8 Å². The molecule has 132 valence electrons. The van der Waals surface area contributed by atoms with Crippen LogP contribution in [0.4, 0.5) is 5.69 Å². The molecule has 0 aromatic heterocycles. The largest absolute Gasteiger partial charge is 0.493 e. The van der Waals surface area contributed by atoms with Crippen molar-refractivity contribution in [3.63, 3.8) is 0 Å². The van der Waals surface area contributed by atoms with Crippen LogP contribution in [0.15, 0.2) is 54.6 Å². The fourth-order valence-electron chi connectivity index (χ4n) is 2.44. The zero-order chi connectivity index (χ0) is 18.1. The predicted octanol–water partition coefficient (Wildman–Crippen LogP) is 2.93. The molecular weight excluding hydrogens is 316 g/mol. The highest BCUT2D eigenvalue weighted by Gasteiger charge is 2.11. The van der Waals surface area contributed by atoms with Gasteiger partial charge in [0, 0.05) is 25.7 Å². The van der Waals surface area contributed by atoms with Crippen LogP contribution in [0, 0.1) is 6.92 Å². The van der Waals surface area contributed by atoms with Crippen LogP contribution >= 0.6 is 0 Å². The molecule has 0 spiro atoms. The van der Waals surface area contributed by atoms with E-state index >= 15 is 0 Å². The van der Waals surface area contributed by atoms with Crippen molar-refractivity contribution in [3.05, 3.63) is 60.2 Å². The third kappa shape index (κ3) is 6.30. The quantitative estimate of drug-likeness (QED) is 0.804. The van der Waals surface area contributed by atoms with Gasteiger partial charge in [0.05, 0.1) is 13.0 Å². The minimum atomic E-state index is -0.0938. The van der Waals surface area contributed by atoms with Crippen LogP contribution in [0.2, 0.25) is 0 Å². The van der Waals surface area contributed by atoms with Crippen molar-refractivity contribution in [1.82, 2.24) is 5.32 Å². The van der Waals surface area contributed by atoms with E-state index in [9.17, 15) is 9.59 Å². The van der Waals surface area contributed by atoms with Crippen LogP contribution in [-0.2, 0) is 9.59 Å². The molecule has 5 heteroatoms. The molecule has 0 aliphatic rings. The maximum atomic E-state index is 11.9. The Morgan fingerprint density at radius 1 is 1.08 bits per heavy atom. The summed E-state index contributed by atoms with van der Waals surface area (Å²) in [6.45, 7) is 4.67. The molecule has 2 aromatic carbocycles. The van der Waals surface area contributed by atoms with Crippen molar-refractivity contribution in [3.8, 4) is 5.75 Å². The molecule has 25 heavy (non-hydrogen) atoms. The number of benzene rings is 2. The number of anilines is 1. The summed E-state index contributed by atoms with van der Waals surface area (Å²) in [6, 6.07) is 17.1. The number of hydrogen-bond donors (Lipinski definition) is 1. The van der Waals surface area contributed by atoms with Crippen LogP contribution in [0.3, 0.4) is 0 Å². The second-order valence-corrected chi connectivity index (χ2v) is 5.77. The lowest BCUT2D eigenvalue weighted by Gasteiger charge is -2.21. The van der Waals surface area contributed by atoms with Crippen molar-refractivity contribution in [2.45, 2.75) is 20.3 Å². The highest BCUT2D eigenvalue weighted by atomic mass is 16.5. The van der Waals surface area contributed by atoms with Crippen LogP contribution in [0.5, 0.6) is 5.75 Å². The first kappa shape index (κ1) is 18.5. The number of carbonyl (C=O) groups is 2. The molecule has 0 atom stereocenters. The SMILES string of the molecule is CC(=O)N(CCNC(=O)CCOc1ccccc1)c1cccc(C)c1.